The summed E-state index contributed by atoms with van der Waals surface area (Å²) in [4.78, 5) is 0. The molecule has 2 heteroatoms. The Morgan fingerprint density at radius 3 is 2.39 bits per heavy atom. The molecule has 102 valence electrons. The van der Waals surface area contributed by atoms with Crippen LogP contribution in [-0.4, -0.2) is 12.7 Å². The Hall–Kier alpha value is -0.860. The average Bonchev–Trinajstić information content (AvgIpc) is 2.40. The molecule has 0 bridgehead atoms. The molecule has 1 aromatic rings. The van der Waals surface area contributed by atoms with Gasteiger partial charge in [0.2, 0.25) is 0 Å². The van der Waals surface area contributed by atoms with Crippen LogP contribution in [0.15, 0.2) is 30.3 Å². The van der Waals surface area contributed by atoms with Crippen molar-refractivity contribution in [1.82, 2.24) is 0 Å². The van der Waals surface area contributed by atoms with Crippen molar-refractivity contribution in [1.29, 1.82) is 0 Å². The van der Waals surface area contributed by atoms with E-state index in [0.29, 0.717) is 5.92 Å². The molecule has 2 nitrogen and oxygen atoms in total. The minimum Gasteiger partial charge on any atom is -0.376 e. The third-order valence-corrected chi connectivity index (χ3v) is 3.36. The third kappa shape index (κ3) is 4.79. The maximum Gasteiger partial charge on any atom is 0.0765 e. The van der Waals surface area contributed by atoms with Crippen molar-refractivity contribution in [2.75, 3.05) is 6.61 Å². The number of ether oxygens (including phenoxy) is 1. The Morgan fingerprint density at radius 1 is 1.17 bits per heavy atom. The van der Waals surface area contributed by atoms with E-state index in [0.717, 1.165) is 18.6 Å². The molecule has 0 aliphatic heterocycles. The van der Waals surface area contributed by atoms with Crippen molar-refractivity contribution in [3.63, 3.8) is 0 Å². The number of hydrogen-bond acceptors (Lipinski definition) is 2. The zero-order chi connectivity index (χ0) is 13.4. The van der Waals surface area contributed by atoms with Crippen molar-refractivity contribution in [3.8, 4) is 0 Å². The first kappa shape index (κ1) is 15.2. The van der Waals surface area contributed by atoms with E-state index in [1.165, 1.54) is 12.8 Å². The Morgan fingerprint density at radius 2 is 1.83 bits per heavy atom. The van der Waals surface area contributed by atoms with Gasteiger partial charge >= 0.3 is 0 Å². The first-order chi connectivity index (χ1) is 8.69. The zero-order valence-corrected chi connectivity index (χ0v) is 11.9. The Labute approximate surface area is 112 Å². The summed E-state index contributed by atoms with van der Waals surface area (Å²) in [5.41, 5.74) is 7.44. The first-order valence-corrected chi connectivity index (χ1v) is 7.11. The van der Waals surface area contributed by atoms with Crippen molar-refractivity contribution >= 4 is 0 Å². The van der Waals surface area contributed by atoms with Gasteiger partial charge in [0.25, 0.3) is 0 Å². The van der Waals surface area contributed by atoms with E-state index in [4.69, 9.17) is 10.5 Å². The quantitative estimate of drug-likeness (QED) is 0.758. The van der Waals surface area contributed by atoms with Crippen LogP contribution in [0, 0.1) is 5.92 Å². The molecule has 0 fully saturated rings. The van der Waals surface area contributed by atoms with Crippen molar-refractivity contribution in [2.45, 2.75) is 52.2 Å². The van der Waals surface area contributed by atoms with E-state index in [1.807, 2.05) is 18.2 Å². The maximum absolute atomic E-state index is 6.28. The molecule has 2 N–H and O–H groups in total. The van der Waals surface area contributed by atoms with Gasteiger partial charge in [0.05, 0.1) is 12.1 Å². The van der Waals surface area contributed by atoms with Gasteiger partial charge in [-0.1, -0.05) is 57.5 Å². The minimum atomic E-state index is -0.0231. The van der Waals surface area contributed by atoms with Gasteiger partial charge in [-0.25, -0.2) is 0 Å². The standard InChI is InChI=1S/C16H27NO/c1-4-9-13(3)12-18-15(5-2)16(17)14-10-7-6-8-11-14/h6-8,10-11,13,15-16H,4-5,9,12,17H2,1-3H3. The fourth-order valence-electron chi connectivity index (χ4n) is 2.23. The minimum absolute atomic E-state index is 0.0231. The zero-order valence-electron chi connectivity index (χ0n) is 11.9. The van der Waals surface area contributed by atoms with Crippen LogP contribution in [0.2, 0.25) is 0 Å². The number of benzene rings is 1. The molecule has 0 amide bonds. The van der Waals surface area contributed by atoms with Gasteiger partial charge in [-0.3, -0.25) is 0 Å². The highest BCUT2D eigenvalue weighted by atomic mass is 16.5. The van der Waals surface area contributed by atoms with Crippen LogP contribution in [0.4, 0.5) is 0 Å². The van der Waals surface area contributed by atoms with Crippen LogP contribution >= 0.6 is 0 Å². The number of rotatable bonds is 8. The van der Waals surface area contributed by atoms with Crippen molar-refractivity contribution < 1.29 is 4.74 Å². The molecule has 0 aliphatic rings. The SMILES string of the molecule is CCCC(C)COC(CC)C(N)c1ccccc1. The summed E-state index contributed by atoms with van der Waals surface area (Å²) < 4.78 is 6.00. The lowest BCUT2D eigenvalue weighted by molar-refractivity contribution is 0.0127. The molecule has 0 saturated carbocycles. The molecule has 0 aliphatic carbocycles. The highest BCUT2D eigenvalue weighted by Gasteiger charge is 2.18. The van der Waals surface area contributed by atoms with Gasteiger partial charge in [-0.05, 0) is 24.3 Å². The highest BCUT2D eigenvalue weighted by molar-refractivity contribution is 5.19. The van der Waals surface area contributed by atoms with Gasteiger partial charge in [0.15, 0.2) is 0 Å². The fraction of sp³-hybridized carbons (Fsp3) is 0.625. The van der Waals surface area contributed by atoms with E-state index in [9.17, 15) is 0 Å². The third-order valence-electron chi connectivity index (χ3n) is 3.36. The van der Waals surface area contributed by atoms with Crippen LogP contribution < -0.4 is 5.73 Å². The normalized spacial score (nSPS) is 16.2. The second-order valence-electron chi connectivity index (χ2n) is 5.11. The Kier molecular flexibility index (Phi) is 6.99. The van der Waals surface area contributed by atoms with Gasteiger partial charge in [0.1, 0.15) is 0 Å². The molecule has 1 rings (SSSR count). The van der Waals surface area contributed by atoms with Gasteiger partial charge in [0, 0.05) is 6.61 Å². The lowest BCUT2D eigenvalue weighted by Crippen LogP contribution is -2.29. The molecular formula is C16H27NO. The molecule has 0 heterocycles. The second kappa shape index (κ2) is 8.28. The van der Waals surface area contributed by atoms with Gasteiger partial charge in [-0.2, -0.15) is 0 Å². The molecule has 3 atom stereocenters. The van der Waals surface area contributed by atoms with Gasteiger partial charge < -0.3 is 10.5 Å². The largest absolute Gasteiger partial charge is 0.376 e. The molecule has 0 spiro atoms. The molecule has 0 radical (unpaired) electrons. The van der Waals surface area contributed by atoms with Crippen LogP contribution in [0.5, 0.6) is 0 Å². The maximum atomic E-state index is 6.28. The predicted octanol–water partition coefficient (Wildman–Crippen LogP) is 3.92. The average molecular weight is 249 g/mol. The monoisotopic (exact) mass is 249 g/mol. The smallest absolute Gasteiger partial charge is 0.0765 e. The summed E-state index contributed by atoms with van der Waals surface area (Å²) in [5.74, 6) is 0.618. The fourth-order valence-corrected chi connectivity index (χ4v) is 2.23. The first-order valence-electron chi connectivity index (χ1n) is 7.11. The lowest BCUT2D eigenvalue weighted by Gasteiger charge is -2.25. The second-order valence-corrected chi connectivity index (χ2v) is 5.11. The van der Waals surface area contributed by atoms with E-state index in [1.54, 1.807) is 0 Å². The predicted molar refractivity (Wildman–Crippen MR) is 77.5 cm³/mol. The van der Waals surface area contributed by atoms with E-state index in [-0.39, 0.29) is 12.1 Å². The van der Waals surface area contributed by atoms with Crippen LogP contribution in [0.25, 0.3) is 0 Å². The number of nitrogens with two attached hydrogens (primary N) is 1. The Balaban J connectivity index is 2.50. The molecule has 0 aromatic heterocycles. The van der Waals surface area contributed by atoms with Crippen molar-refractivity contribution in [2.24, 2.45) is 11.7 Å². The summed E-state index contributed by atoms with van der Waals surface area (Å²) in [7, 11) is 0. The molecule has 0 saturated heterocycles. The summed E-state index contributed by atoms with van der Waals surface area (Å²) in [6.07, 6.45) is 3.50. The summed E-state index contributed by atoms with van der Waals surface area (Å²) in [6, 6.07) is 10.2. The summed E-state index contributed by atoms with van der Waals surface area (Å²) in [6.45, 7) is 7.40. The van der Waals surface area contributed by atoms with Crippen molar-refractivity contribution in [3.05, 3.63) is 35.9 Å². The highest BCUT2D eigenvalue weighted by Crippen LogP contribution is 2.20. The molecule has 1 aromatic carbocycles. The molecular weight excluding hydrogens is 222 g/mol. The lowest BCUT2D eigenvalue weighted by atomic mass is 10.0. The van der Waals surface area contributed by atoms with Crippen LogP contribution in [-0.2, 0) is 4.74 Å². The van der Waals surface area contributed by atoms with Gasteiger partial charge in [-0.15, -0.1) is 0 Å². The van der Waals surface area contributed by atoms with E-state index >= 15 is 0 Å². The summed E-state index contributed by atoms with van der Waals surface area (Å²) >= 11 is 0. The number of hydrogen-bond donors (Lipinski definition) is 1. The topological polar surface area (TPSA) is 35.2 Å². The summed E-state index contributed by atoms with van der Waals surface area (Å²) in [5, 5.41) is 0. The van der Waals surface area contributed by atoms with E-state index in [2.05, 4.69) is 32.9 Å². The Bertz CT molecular complexity index is 312. The van der Waals surface area contributed by atoms with E-state index < -0.39 is 0 Å². The molecule has 3 unspecified atom stereocenters. The molecule has 18 heavy (non-hydrogen) atoms. The van der Waals surface area contributed by atoms with Crippen LogP contribution in [0.1, 0.15) is 51.6 Å². The van der Waals surface area contributed by atoms with Crippen LogP contribution in [0.3, 0.4) is 0 Å².